The summed E-state index contributed by atoms with van der Waals surface area (Å²) in [6, 6.07) is 7.20. The van der Waals surface area contributed by atoms with Gasteiger partial charge in [0.25, 0.3) is 5.56 Å². The van der Waals surface area contributed by atoms with Crippen molar-refractivity contribution in [3.05, 3.63) is 62.6 Å². The fourth-order valence-corrected chi connectivity index (χ4v) is 2.31. The third-order valence-corrected chi connectivity index (χ3v) is 4.08. The van der Waals surface area contributed by atoms with Crippen LogP contribution in [0.1, 0.15) is 58.3 Å². The fourth-order valence-electron chi connectivity index (χ4n) is 2.31. The van der Waals surface area contributed by atoms with E-state index >= 15 is 0 Å². The van der Waals surface area contributed by atoms with Gasteiger partial charge in [-0.2, -0.15) is 5.10 Å². The Bertz CT molecular complexity index is 858. The number of ether oxygens (including phenoxy) is 1. The maximum atomic E-state index is 12.2. The van der Waals surface area contributed by atoms with Crippen molar-refractivity contribution in [1.82, 2.24) is 10.2 Å². The van der Waals surface area contributed by atoms with Crippen LogP contribution in [-0.2, 0) is 10.2 Å². The Morgan fingerprint density at radius 1 is 1.12 bits per heavy atom. The Morgan fingerprint density at radius 3 is 2.28 bits per heavy atom. The number of hydrogen-bond donors (Lipinski definition) is 1. The third-order valence-electron chi connectivity index (χ3n) is 4.08. The zero-order chi connectivity index (χ0) is 18.8. The number of aromatic nitrogens is 2. The van der Waals surface area contributed by atoms with E-state index in [0.29, 0.717) is 16.8 Å². The van der Waals surface area contributed by atoms with E-state index in [4.69, 9.17) is 4.74 Å². The molecule has 6 heteroatoms. The molecular weight excluding hydrogens is 320 g/mol. The van der Waals surface area contributed by atoms with Crippen LogP contribution in [0.15, 0.2) is 29.1 Å². The van der Waals surface area contributed by atoms with Gasteiger partial charge >= 0.3 is 5.97 Å². The van der Waals surface area contributed by atoms with Crippen LogP contribution in [-0.4, -0.2) is 28.6 Å². The van der Waals surface area contributed by atoms with Crippen LogP contribution in [0, 0.1) is 13.8 Å². The molecular formula is C19H22N2O4. The molecule has 0 atom stereocenters. The SMILES string of the molecule is Cc1n[nH]c(=O)c(C(=O)OCC(=O)c2ccc(C(C)(C)C)cc2)c1C. The molecule has 2 aromatic rings. The van der Waals surface area contributed by atoms with Gasteiger partial charge in [0.15, 0.2) is 12.4 Å². The van der Waals surface area contributed by atoms with Crippen molar-refractivity contribution in [2.24, 2.45) is 0 Å². The maximum absolute atomic E-state index is 12.2. The molecule has 2 rings (SSSR count). The van der Waals surface area contributed by atoms with E-state index < -0.39 is 18.1 Å². The van der Waals surface area contributed by atoms with E-state index in [1.165, 1.54) is 0 Å². The highest BCUT2D eigenvalue weighted by atomic mass is 16.5. The van der Waals surface area contributed by atoms with Crippen molar-refractivity contribution >= 4 is 11.8 Å². The second-order valence-electron chi connectivity index (χ2n) is 6.96. The van der Waals surface area contributed by atoms with Crippen LogP contribution in [0.25, 0.3) is 0 Å². The van der Waals surface area contributed by atoms with Gasteiger partial charge in [-0.1, -0.05) is 45.0 Å². The number of esters is 1. The van der Waals surface area contributed by atoms with Crippen molar-refractivity contribution in [3.63, 3.8) is 0 Å². The average Bonchev–Trinajstić information content (AvgIpc) is 2.55. The molecule has 1 heterocycles. The number of aryl methyl sites for hydroxylation is 1. The van der Waals surface area contributed by atoms with Crippen LogP contribution in [0.2, 0.25) is 0 Å². The Labute approximate surface area is 146 Å². The third kappa shape index (κ3) is 4.21. The first kappa shape index (κ1) is 18.6. The van der Waals surface area contributed by atoms with E-state index in [2.05, 4.69) is 31.0 Å². The molecule has 0 bridgehead atoms. The molecule has 25 heavy (non-hydrogen) atoms. The molecule has 0 amide bonds. The van der Waals surface area contributed by atoms with Crippen LogP contribution in [0.5, 0.6) is 0 Å². The lowest BCUT2D eigenvalue weighted by molar-refractivity contribution is 0.0471. The van der Waals surface area contributed by atoms with E-state index in [9.17, 15) is 14.4 Å². The quantitative estimate of drug-likeness (QED) is 0.682. The van der Waals surface area contributed by atoms with Crippen molar-refractivity contribution in [2.75, 3.05) is 6.61 Å². The first-order valence-electron chi connectivity index (χ1n) is 7.98. The number of aromatic amines is 1. The molecule has 0 aliphatic rings. The van der Waals surface area contributed by atoms with Crippen LogP contribution < -0.4 is 5.56 Å². The molecule has 0 spiro atoms. The van der Waals surface area contributed by atoms with Gasteiger partial charge in [0, 0.05) is 5.56 Å². The van der Waals surface area contributed by atoms with E-state index in [1.807, 2.05) is 12.1 Å². The Morgan fingerprint density at radius 2 is 1.72 bits per heavy atom. The highest BCUT2D eigenvalue weighted by Crippen LogP contribution is 2.22. The van der Waals surface area contributed by atoms with Gasteiger partial charge in [0.2, 0.25) is 0 Å². The molecule has 0 radical (unpaired) electrons. The average molecular weight is 342 g/mol. The second kappa shape index (κ2) is 7.01. The van der Waals surface area contributed by atoms with Crippen molar-refractivity contribution < 1.29 is 14.3 Å². The molecule has 0 fully saturated rings. The molecule has 0 saturated heterocycles. The molecule has 0 aliphatic heterocycles. The van der Waals surface area contributed by atoms with Crippen LogP contribution in [0.3, 0.4) is 0 Å². The summed E-state index contributed by atoms with van der Waals surface area (Å²) < 4.78 is 5.02. The molecule has 0 saturated carbocycles. The minimum Gasteiger partial charge on any atom is -0.454 e. The summed E-state index contributed by atoms with van der Waals surface area (Å²) in [6.07, 6.45) is 0. The van der Waals surface area contributed by atoms with E-state index in [-0.39, 0.29) is 16.8 Å². The largest absolute Gasteiger partial charge is 0.454 e. The number of carbonyl (C=O) groups is 2. The lowest BCUT2D eigenvalue weighted by atomic mass is 9.86. The first-order valence-corrected chi connectivity index (χ1v) is 7.98. The van der Waals surface area contributed by atoms with Gasteiger partial charge in [-0.25, -0.2) is 9.89 Å². The van der Waals surface area contributed by atoms with E-state index in [1.54, 1.807) is 26.0 Å². The summed E-state index contributed by atoms with van der Waals surface area (Å²) in [5.74, 6) is -1.16. The first-order chi connectivity index (χ1) is 11.6. The number of H-pyrrole nitrogens is 1. The normalized spacial score (nSPS) is 11.2. The Hall–Kier alpha value is -2.76. The Kier molecular flexibility index (Phi) is 5.21. The maximum Gasteiger partial charge on any atom is 0.344 e. The van der Waals surface area contributed by atoms with Crippen LogP contribution in [0.4, 0.5) is 0 Å². The number of ketones is 1. The van der Waals surface area contributed by atoms with E-state index in [0.717, 1.165) is 5.56 Å². The van der Waals surface area contributed by atoms with Crippen molar-refractivity contribution in [3.8, 4) is 0 Å². The zero-order valence-electron chi connectivity index (χ0n) is 15.1. The van der Waals surface area contributed by atoms with Crippen LogP contribution >= 0.6 is 0 Å². The number of nitrogens with one attached hydrogen (secondary N) is 1. The van der Waals surface area contributed by atoms with Gasteiger partial charge in [-0.3, -0.25) is 9.59 Å². The number of rotatable bonds is 4. The number of hydrogen-bond acceptors (Lipinski definition) is 5. The van der Waals surface area contributed by atoms with Gasteiger partial charge in [0.05, 0.1) is 5.69 Å². The van der Waals surface area contributed by atoms with Gasteiger partial charge in [-0.15, -0.1) is 0 Å². The number of nitrogens with zero attached hydrogens (tertiary/aromatic N) is 1. The fraction of sp³-hybridized carbons (Fsp3) is 0.368. The zero-order valence-corrected chi connectivity index (χ0v) is 15.1. The van der Waals surface area contributed by atoms with Crippen molar-refractivity contribution in [1.29, 1.82) is 0 Å². The summed E-state index contributed by atoms with van der Waals surface area (Å²) >= 11 is 0. The van der Waals surface area contributed by atoms with Gasteiger partial charge < -0.3 is 4.74 Å². The summed E-state index contributed by atoms with van der Waals surface area (Å²) in [5.41, 5.74) is 1.77. The summed E-state index contributed by atoms with van der Waals surface area (Å²) in [6.45, 7) is 9.12. The minimum absolute atomic E-state index is 0.00813. The highest BCUT2D eigenvalue weighted by Gasteiger charge is 2.20. The van der Waals surface area contributed by atoms with Gasteiger partial charge in [0.1, 0.15) is 5.56 Å². The molecule has 1 N–H and O–H groups in total. The second-order valence-corrected chi connectivity index (χ2v) is 6.96. The number of carbonyl (C=O) groups excluding carboxylic acids is 2. The lowest BCUT2D eigenvalue weighted by Crippen LogP contribution is -2.25. The molecule has 0 aliphatic carbocycles. The summed E-state index contributed by atoms with van der Waals surface area (Å²) in [7, 11) is 0. The molecule has 0 unspecified atom stereocenters. The minimum atomic E-state index is -0.830. The molecule has 132 valence electrons. The predicted octanol–water partition coefficient (Wildman–Crippen LogP) is 2.72. The number of benzene rings is 1. The number of Topliss-reactive ketones (excluding diaryl/α,β-unsaturated/α-hetero) is 1. The molecule has 1 aromatic carbocycles. The highest BCUT2D eigenvalue weighted by molar-refractivity contribution is 5.99. The van der Waals surface area contributed by atoms with Gasteiger partial charge in [-0.05, 0) is 30.4 Å². The molecule has 6 nitrogen and oxygen atoms in total. The van der Waals surface area contributed by atoms with Crippen molar-refractivity contribution in [2.45, 2.75) is 40.0 Å². The Balaban J connectivity index is 2.09. The standard InChI is InChI=1S/C19H22N2O4/c1-11-12(2)20-21-17(23)16(11)18(24)25-10-15(22)13-6-8-14(9-7-13)19(3,4)5/h6-9H,10H2,1-5H3,(H,21,23). The lowest BCUT2D eigenvalue weighted by Gasteiger charge is -2.18. The topological polar surface area (TPSA) is 89.1 Å². The molecule has 1 aromatic heterocycles. The monoisotopic (exact) mass is 342 g/mol. The summed E-state index contributed by atoms with van der Waals surface area (Å²) in [5, 5.41) is 6.02. The smallest absolute Gasteiger partial charge is 0.344 e. The predicted molar refractivity (Wildman–Crippen MR) is 94.1 cm³/mol. The summed E-state index contributed by atoms with van der Waals surface area (Å²) in [4.78, 5) is 36.1.